The van der Waals surface area contributed by atoms with Crippen LogP contribution in [0.25, 0.3) is 0 Å². The first kappa shape index (κ1) is 13.0. The van der Waals surface area contributed by atoms with Crippen molar-refractivity contribution in [3.8, 4) is 0 Å². The van der Waals surface area contributed by atoms with Crippen LogP contribution in [0.15, 0.2) is 30.3 Å². The average molecular weight is 250 g/mol. The maximum absolute atomic E-state index is 12.1. The zero-order chi connectivity index (χ0) is 12.2. The van der Waals surface area contributed by atoms with E-state index < -0.39 is 21.8 Å². The normalized spacial score (nSPS) is 14.0. The summed E-state index contributed by atoms with van der Waals surface area (Å²) in [5.74, 6) is -3.45. The van der Waals surface area contributed by atoms with Gasteiger partial charge in [-0.3, -0.25) is 0 Å². The lowest BCUT2D eigenvalue weighted by molar-refractivity contribution is 0.231. The van der Waals surface area contributed by atoms with Crippen molar-refractivity contribution < 1.29 is 17.2 Å². The van der Waals surface area contributed by atoms with Gasteiger partial charge in [0.25, 0.3) is 10.0 Å². The molecular formula is C9H12F2N2O2S. The van der Waals surface area contributed by atoms with Gasteiger partial charge in [0.15, 0.2) is 0 Å². The molecule has 0 aliphatic heterocycles. The highest BCUT2D eigenvalue weighted by atomic mass is 32.2. The Labute approximate surface area is 92.5 Å². The van der Waals surface area contributed by atoms with Crippen LogP contribution >= 0.6 is 0 Å². The van der Waals surface area contributed by atoms with Crippen molar-refractivity contribution in [2.75, 3.05) is 6.54 Å². The van der Waals surface area contributed by atoms with E-state index >= 15 is 0 Å². The van der Waals surface area contributed by atoms with E-state index in [0.29, 0.717) is 5.56 Å². The van der Waals surface area contributed by atoms with E-state index in [2.05, 4.69) is 0 Å². The second kappa shape index (κ2) is 5.33. The van der Waals surface area contributed by atoms with Gasteiger partial charge < -0.3 is 5.73 Å². The van der Waals surface area contributed by atoms with Crippen molar-refractivity contribution >= 4 is 10.0 Å². The molecule has 0 fully saturated rings. The number of alkyl halides is 2. The Morgan fingerprint density at radius 3 is 2.25 bits per heavy atom. The third-order valence-electron chi connectivity index (χ3n) is 1.98. The third kappa shape index (κ3) is 3.22. The monoisotopic (exact) mass is 250 g/mol. The molecule has 0 amide bonds. The molecular weight excluding hydrogens is 238 g/mol. The first-order valence-electron chi connectivity index (χ1n) is 4.51. The van der Waals surface area contributed by atoms with Crippen LogP contribution in [-0.4, -0.2) is 20.7 Å². The van der Waals surface area contributed by atoms with E-state index in [0.717, 1.165) is 0 Å². The quantitative estimate of drug-likeness (QED) is 0.813. The maximum atomic E-state index is 12.1. The Morgan fingerprint density at radius 2 is 1.81 bits per heavy atom. The van der Waals surface area contributed by atoms with E-state index in [9.17, 15) is 17.2 Å². The van der Waals surface area contributed by atoms with Gasteiger partial charge in [0.2, 0.25) is 0 Å². The van der Waals surface area contributed by atoms with Gasteiger partial charge in [0.1, 0.15) is 0 Å². The highest BCUT2D eigenvalue weighted by Gasteiger charge is 2.27. The summed E-state index contributed by atoms with van der Waals surface area (Å²) in [5.41, 5.74) is 5.89. The number of rotatable bonds is 5. The third-order valence-corrected chi connectivity index (χ3v) is 3.06. The zero-order valence-electron chi connectivity index (χ0n) is 8.31. The minimum atomic E-state index is -4.62. The molecule has 0 radical (unpaired) electrons. The van der Waals surface area contributed by atoms with Crippen LogP contribution in [0.1, 0.15) is 11.6 Å². The molecule has 7 heteroatoms. The van der Waals surface area contributed by atoms with Crippen molar-refractivity contribution in [3.63, 3.8) is 0 Å². The number of nitrogens with two attached hydrogens (primary N) is 1. The minimum absolute atomic E-state index is 0.0873. The number of sulfonamides is 1. The van der Waals surface area contributed by atoms with Gasteiger partial charge in [-0.1, -0.05) is 30.3 Å². The molecule has 4 nitrogen and oxygen atoms in total. The van der Waals surface area contributed by atoms with Crippen LogP contribution in [-0.2, 0) is 10.0 Å². The van der Waals surface area contributed by atoms with Gasteiger partial charge in [-0.05, 0) is 5.56 Å². The molecule has 90 valence electrons. The lowest BCUT2D eigenvalue weighted by Gasteiger charge is -2.16. The largest absolute Gasteiger partial charge is 0.350 e. The van der Waals surface area contributed by atoms with Gasteiger partial charge in [0, 0.05) is 6.54 Å². The summed E-state index contributed by atoms with van der Waals surface area (Å²) < 4.78 is 48.0. The van der Waals surface area contributed by atoms with Gasteiger partial charge >= 0.3 is 5.76 Å². The van der Waals surface area contributed by atoms with Crippen molar-refractivity contribution in [2.24, 2.45) is 5.73 Å². The highest BCUT2D eigenvalue weighted by Crippen LogP contribution is 2.14. The van der Waals surface area contributed by atoms with Crippen molar-refractivity contribution in [3.05, 3.63) is 35.9 Å². The van der Waals surface area contributed by atoms with Crippen molar-refractivity contribution in [2.45, 2.75) is 11.8 Å². The summed E-state index contributed by atoms with van der Waals surface area (Å²) in [6, 6.07) is 7.49. The van der Waals surface area contributed by atoms with Gasteiger partial charge in [-0.2, -0.15) is 8.78 Å². The van der Waals surface area contributed by atoms with Crippen LogP contribution < -0.4 is 10.5 Å². The lowest BCUT2D eigenvalue weighted by atomic mass is 10.1. The first-order valence-corrected chi connectivity index (χ1v) is 6.06. The van der Waals surface area contributed by atoms with Crippen LogP contribution in [0.4, 0.5) is 8.78 Å². The molecule has 1 aromatic rings. The Bertz CT molecular complexity index is 422. The summed E-state index contributed by atoms with van der Waals surface area (Å²) in [6.45, 7) is -0.0873. The Hall–Kier alpha value is -1.05. The van der Waals surface area contributed by atoms with Crippen LogP contribution in [0.5, 0.6) is 0 Å². The summed E-state index contributed by atoms with van der Waals surface area (Å²) in [4.78, 5) is 0. The van der Waals surface area contributed by atoms with E-state index in [-0.39, 0.29) is 6.54 Å². The van der Waals surface area contributed by atoms with E-state index in [4.69, 9.17) is 5.73 Å². The second-order valence-electron chi connectivity index (χ2n) is 3.12. The summed E-state index contributed by atoms with van der Waals surface area (Å²) in [7, 11) is -4.62. The van der Waals surface area contributed by atoms with Crippen molar-refractivity contribution in [1.29, 1.82) is 0 Å². The Kier molecular flexibility index (Phi) is 4.34. The summed E-state index contributed by atoms with van der Waals surface area (Å²) >= 11 is 0. The minimum Gasteiger partial charge on any atom is -0.329 e. The molecule has 1 atom stereocenters. The van der Waals surface area contributed by atoms with Crippen LogP contribution in [0.2, 0.25) is 0 Å². The molecule has 0 saturated heterocycles. The topological polar surface area (TPSA) is 72.2 Å². The number of hydrogen-bond donors (Lipinski definition) is 2. The van der Waals surface area contributed by atoms with E-state index in [1.165, 1.54) is 0 Å². The fraction of sp³-hybridized carbons (Fsp3) is 0.333. The molecule has 1 unspecified atom stereocenters. The van der Waals surface area contributed by atoms with Gasteiger partial charge in [-0.25, -0.2) is 13.1 Å². The molecule has 1 rings (SSSR count). The summed E-state index contributed by atoms with van der Waals surface area (Å²) in [6.07, 6.45) is 0. The number of nitrogens with one attached hydrogen (secondary N) is 1. The molecule has 0 spiro atoms. The molecule has 16 heavy (non-hydrogen) atoms. The van der Waals surface area contributed by atoms with Crippen LogP contribution in [0.3, 0.4) is 0 Å². The predicted octanol–water partition coefficient (Wildman–Crippen LogP) is 0.828. The molecule has 0 saturated carbocycles. The lowest BCUT2D eigenvalue weighted by Crippen LogP contribution is -2.36. The molecule has 3 N–H and O–H groups in total. The Balaban J connectivity index is 2.86. The van der Waals surface area contributed by atoms with Crippen molar-refractivity contribution in [1.82, 2.24) is 4.72 Å². The van der Waals surface area contributed by atoms with Gasteiger partial charge in [-0.15, -0.1) is 0 Å². The molecule has 0 bridgehead atoms. The number of benzene rings is 1. The molecule has 0 heterocycles. The number of halogens is 2. The summed E-state index contributed by atoms with van der Waals surface area (Å²) in [5, 5.41) is 0. The SMILES string of the molecule is NCC(NS(=O)(=O)C(F)F)c1ccccc1. The second-order valence-corrected chi connectivity index (χ2v) is 4.80. The zero-order valence-corrected chi connectivity index (χ0v) is 9.12. The predicted molar refractivity (Wildman–Crippen MR) is 56.3 cm³/mol. The smallest absolute Gasteiger partial charge is 0.329 e. The van der Waals surface area contributed by atoms with E-state index in [1.54, 1.807) is 30.3 Å². The fourth-order valence-electron chi connectivity index (χ4n) is 1.19. The maximum Gasteiger partial charge on any atom is 0.350 e. The van der Waals surface area contributed by atoms with Gasteiger partial charge in [0.05, 0.1) is 6.04 Å². The first-order chi connectivity index (χ1) is 7.47. The Morgan fingerprint density at radius 1 is 1.25 bits per heavy atom. The molecule has 0 aliphatic rings. The standard InChI is InChI=1S/C9H12F2N2O2S/c10-9(11)16(14,15)13-8(6-12)7-4-2-1-3-5-7/h1-5,8-9,13H,6,12H2. The molecule has 1 aromatic carbocycles. The van der Waals surface area contributed by atoms with Crippen LogP contribution in [0, 0.1) is 0 Å². The fourth-order valence-corrected chi connectivity index (χ4v) is 1.92. The molecule has 0 aromatic heterocycles. The van der Waals surface area contributed by atoms with E-state index in [1.807, 2.05) is 4.72 Å². The highest BCUT2D eigenvalue weighted by molar-refractivity contribution is 7.89. The molecule has 0 aliphatic carbocycles. The number of hydrogen-bond acceptors (Lipinski definition) is 3. The average Bonchev–Trinajstić information content (AvgIpc) is 2.27.